The zero-order chi connectivity index (χ0) is 21.7. The van der Waals surface area contributed by atoms with Crippen molar-refractivity contribution in [1.82, 2.24) is 5.32 Å². The number of nitrogens with zero attached hydrogens (tertiary/aromatic N) is 1. The van der Waals surface area contributed by atoms with E-state index in [0.29, 0.717) is 36.9 Å². The summed E-state index contributed by atoms with van der Waals surface area (Å²) in [5.74, 6) is 0.654. The summed E-state index contributed by atoms with van der Waals surface area (Å²) in [7, 11) is -3.67. The largest absolute Gasteiger partial charge is 0.486 e. The van der Waals surface area contributed by atoms with Gasteiger partial charge in [-0.3, -0.25) is 9.10 Å². The summed E-state index contributed by atoms with van der Waals surface area (Å²) in [6, 6.07) is 11.1. The number of hydrogen-bond acceptors (Lipinski definition) is 5. The van der Waals surface area contributed by atoms with Gasteiger partial charge in [0.25, 0.3) is 0 Å². The number of anilines is 1. The molecule has 3 rings (SSSR count). The van der Waals surface area contributed by atoms with Crippen molar-refractivity contribution in [2.45, 2.75) is 33.2 Å². The van der Waals surface area contributed by atoms with Crippen molar-refractivity contribution < 1.29 is 22.7 Å². The van der Waals surface area contributed by atoms with E-state index in [2.05, 4.69) is 37.4 Å². The lowest BCUT2D eigenvalue weighted by molar-refractivity contribution is -0.119. The lowest BCUT2D eigenvalue weighted by atomic mass is 10.0. The van der Waals surface area contributed by atoms with Crippen molar-refractivity contribution in [3.8, 4) is 11.5 Å². The Bertz CT molecular complexity index is 1020. The molecule has 0 bridgehead atoms. The molecular formula is C22H28N2O5S. The van der Waals surface area contributed by atoms with E-state index in [1.807, 2.05) is 0 Å². The fourth-order valence-electron chi connectivity index (χ4n) is 3.38. The molecule has 1 N–H and O–H groups in total. The first-order valence-corrected chi connectivity index (χ1v) is 11.9. The number of sulfonamides is 1. The number of benzene rings is 2. The Hall–Kier alpha value is -2.74. The summed E-state index contributed by atoms with van der Waals surface area (Å²) in [5, 5.41) is 2.86. The first-order chi connectivity index (χ1) is 14.3. The molecule has 0 saturated heterocycles. The van der Waals surface area contributed by atoms with Crippen LogP contribution in [0.15, 0.2) is 36.4 Å². The number of carbonyl (C=O) groups is 1. The zero-order valence-corrected chi connectivity index (χ0v) is 18.4. The molecular weight excluding hydrogens is 404 g/mol. The van der Waals surface area contributed by atoms with E-state index in [4.69, 9.17) is 9.47 Å². The second kappa shape index (κ2) is 9.38. The van der Waals surface area contributed by atoms with Gasteiger partial charge in [0.1, 0.15) is 19.8 Å². The molecule has 0 fully saturated rings. The predicted octanol–water partition coefficient (Wildman–Crippen LogP) is 2.67. The number of rotatable bonds is 8. The van der Waals surface area contributed by atoms with Gasteiger partial charge in [0.15, 0.2) is 11.5 Å². The van der Waals surface area contributed by atoms with Crippen LogP contribution < -0.4 is 19.1 Å². The van der Waals surface area contributed by atoms with E-state index in [-0.39, 0.29) is 12.5 Å². The third kappa shape index (κ3) is 5.24. The van der Waals surface area contributed by atoms with Gasteiger partial charge >= 0.3 is 0 Å². The Morgan fingerprint density at radius 3 is 2.40 bits per heavy atom. The second-order valence-electron chi connectivity index (χ2n) is 7.18. The van der Waals surface area contributed by atoms with E-state index in [9.17, 15) is 13.2 Å². The topological polar surface area (TPSA) is 84.9 Å². The first kappa shape index (κ1) is 22.0. The fourth-order valence-corrected chi connectivity index (χ4v) is 4.22. The van der Waals surface area contributed by atoms with Crippen LogP contribution in [-0.2, 0) is 34.2 Å². The Kier molecular flexibility index (Phi) is 6.87. The highest BCUT2D eigenvalue weighted by molar-refractivity contribution is 7.92. The lowest BCUT2D eigenvalue weighted by Gasteiger charge is -2.25. The van der Waals surface area contributed by atoms with Gasteiger partial charge in [-0.2, -0.15) is 0 Å². The van der Waals surface area contributed by atoms with Gasteiger partial charge in [0.2, 0.25) is 15.9 Å². The smallest absolute Gasteiger partial charge is 0.241 e. The average molecular weight is 433 g/mol. The van der Waals surface area contributed by atoms with Gasteiger partial charge in [0.05, 0.1) is 11.9 Å². The third-order valence-electron chi connectivity index (χ3n) is 5.04. The number of amides is 1. The number of fused-ring (bicyclic) bond motifs is 1. The quantitative estimate of drug-likeness (QED) is 0.693. The van der Waals surface area contributed by atoms with Gasteiger partial charge < -0.3 is 14.8 Å². The molecule has 1 heterocycles. The second-order valence-corrected chi connectivity index (χ2v) is 9.09. The van der Waals surface area contributed by atoms with Crippen LogP contribution in [0.4, 0.5) is 5.69 Å². The summed E-state index contributed by atoms with van der Waals surface area (Å²) in [4.78, 5) is 12.6. The van der Waals surface area contributed by atoms with Gasteiger partial charge in [-0.25, -0.2) is 8.42 Å². The molecule has 0 saturated carbocycles. The molecule has 1 aliphatic heterocycles. The molecule has 0 aliphatic carbocycles. The van der Waals surface area contributed by atoms with Crippen LogP contribution in [0.1, 0.15) is 30.5 Å². The van der Waals surface area contributed by atoms with E-state index in [1.165, 1.54) is 11.1 Å². The van der Waals surface area contributed by atoms with Crippen LogP contribution in [-0.4, -0.2) is 40.3 Å². The van der Waals surface area contributed by atoms with Crippen molar-refractivity contribution in [2.24, 2.45) is 0 Å². The van der Waals surface area contributed by atoms with Gasteiger partial charge in [-0.1, -0.05) is 32.0 Å². The molecule has 1 amide bonds. The van der Waals surface area contributed by atoms with Gasteiger partial charge in [-0.15, -0.1) is 0 Å². The zero-order valence-electron chi connectivity index (χ0n) is 17.6. The van der Waals surface area contributed by atoms with Crippen LogP contribution in [0.3, 0.4) is 0 Å². The molecule has 0 atom stereocenters. The van der Waals surface area contributed by atoms with Crippen molar-refractivity contribution in [1.29, 1.82) is 0 Å². The minimum atomic E-state index is -3.67. The maximum absolute atomic E-state index is 12.6. The highest BCUT2D eigenvalue weighted by Crippen LogP contribution is 2.34. The number of hydrogen-bond donors (Lipinski definition) is 1. The molecule has 2 aromatic carbocycles. The SMILES string of the molecule is CCc1ccc(CC)c(CNC(=O)CN(c2ccc3c(c2)OCCO3)S(C)(=O)=O)c1. The Morgan fingerprint density at radius 2 is 1.73 bits per heavy atom. The Balaban J connectivity index is 1.74. The number of ether oxygens (including phenoxy) is 2. The number of carbonyl (C=O) groups excluding carboxylic acids is 1. The summed E-state index contributed by atoms with van der Waals surface area (Å²) in [5.41, 5.74) is 3.78. The molecule has 0 unspecified atom stereocenters. The summed E-state index contributed by atoms with van der Waals surface area (Å²) in [6.45, 7) is 5.04. The number of nitrogens with one attached hydrogen (secondary N) is 1. The van der Waals surface area contributed by atoms with E-state index in [0.717, 1.165) is 29.0 Å². The van der Waals surface area contributed by atoms with Crippen LogP contribution >= 0.6 is 0 Å². The van der Waals surface area contributed by atoms with Crippen LogP contribution in [0, 0.1) is 0 Å². The van der Waals surface area contributed by atoms with Gasteiger partial charge in [0, 0.05) is 12.6 Å². The highest BCUT2D eigenvalue weighted by atomic mass is 32.2. The summed E-state index contributed by atoms with van der Waals surface area (Å²) >= 11 is 0. The molecule has 30 heavy (non-hydrogen) atoms. The standard InChI is InChI=1S/C22H28N2O5S/c1-4-16-6-7-17(5-2)18(12-16)14-23-22(25)15-24(30(3,26)27)19-8-9-20-21(13-19)29-11-10-28-20/h6-9,12-13H,4-5,10-11,14-15H2,1-3H3,(H,23,25). The molecule has 2 aromatic rings. The normalized spacial score (nSPS) is 13.0. The monoisotopic (exact) mass is 432 g/mol. The average Bonchev–Trinajstić information content (AvgIpc) is 2.74. The molecule has 162 valence electrons. The van der Waals surface area contributed by atoms with E-state index >= 15 is 0 Å². The van der Waals surface area contributed by atoms with Crippen LogP contribution in [0.2, 0.25) is 0 Å². The van der Waals surface area contributed by atoms with E-state index < -0.39 is 10.0 Å². The molecule has 8 heteroatoms. The molecule has 0 spiro atoms. The summed E-state index contributed by atoms with van der Waals surface area (Å²) in [6.07, 6.45) is 2.86. The number of aryl methyl sites for hydroxylation is 2. The molecule has 0 aromatic heterocycles. The third-order valence-corrected chi connectivity index (χ3v) is 6.18. The van der Waals surface area contributed by atoms with Crippen LogP contribution in [0.25, 0.3) is 0 Å². The Labute approximate surface area is 178 Å². The maximum atomic E-state index is 12.6. The van der Waals surface area contributed by atoms with E-state index in [1.54, 1.807) is 18.2 Å². The summed E-state index contributed by atoms with van der Waals surface area (Å²) < 4.78 is 36.8. The van der Waals surface area contributed by atoms with Crippen molar-refractivity contribution >= 4 is 21.6 Å². The Morgan fingerprint density at radius 1 is 1.00 bits per heavy atom. The van der Waals surface area contributed by atoms with Gasteiger partial charge in [-0.05, 0) is 41.7 Å². The van der Waals surface area contributed by atoms with Crippen molar-refractivity contribution in [3.05, 3.63) is 53.1 Å². The highest BCUT2D eigenvalue weighted by Gasteiger charge is 2.23. The molecule has 0 radical (unpaired) electrons. The maximum Gasteiger partial charge on any atom is 0.241 e. The van der Waals surface area contributed by atoms with Crippen LogP contribution in [0.5, 0.6) is 11.5 Å². The molecule has 1 aliphatic rings. The minimum absolute atomic E-state index is 0.312. The fraction of sp³-hybridized carbons (Fsp3) is 0.409. The van der Waals surface area contributed by atoms with Crippen molar-refractivity contribution in [2.75, 3.05) is 30.3 Å². The molecule has 7 nitrogen and oxygen atoms in total. The lowest BCUT2D eigenvalue weighted by Crippen LogP contribution is -2.40. The first-order valence-electron chi connectivity index (χ1n) is 10.1. The van der Waals surface area contributed by atoms with Crippen molar-refractivity contribution in [3.63, 3.8) is 0 Å². The predicted molar refractivity (Wildman–Crippen MR) is 117 cm³/mol. The minimum Gasteiger partial charge on any atom is -0.486 e.